The second-order valence-corrected chi connectivity index (χ2v) is 6.85. The number of hydrogen-bond donors (Lipinski definition) is 0. The van der Waals surface area contributed by atoms with Gasteiger partial charge in [0.25, 0.3) is 0 Å². The molecule has 20 heavy (non-hydrogen) atoms. The molecule has 2 heteroatoms. The van der Waals surface area contributed by atoms with Gasteiger partial charge in [-0.05, 0) is 42.2 Å². The summed E-state index contributed by atoms with van der Waals surface area (Å²) in [5.41, 5.74) is 4.65. The SMILES string of the molecule is CCc1cc(C(C)(C)C)c2oc(C#N)c(C3CC3)c2c1. The maximum Gasteiger partial charge on any atom is 0.208 e. The summed E-state index contributed by atoms with van der Waals surface area (Å²) >= 11 is 0. The van der Waals surface area contributed by atoms with Crippen LogP contribution in [0.2, 0.25) is 0 Å². The van der Waals surface area contributed by atoms with Crippen molar-refractivity contribution in [1.82, 2.24) is 0 Å². The summed E-state index contributed by atoms with van der Waals surface area (Å²) in [6, 6.07) is 6.72. The van der Waals surface area contributed by atoms with Crippen molar-refractivity contribution in [2.24, 2.45) is 0 Å². The predicted molar refractivity (Wildman–Crippen MR) is 81.0 cm³/mol. The standard InChI is InChI=1S/C18H21NO/c1-5-11-8-13-16(12-6-7-12)15(10-19)20-17(13)14(9-11)18(2,3)4/h8-9,12H,5-7H2,1-4H3. The zero-order valence-electron chi connectivity index (χ0n) is 12.7. The lowest BCUT2D eigenvalue weighted by Crippen LogP contribution is -2.12. The molecule has 2 nitrogen and oxygen atoms in total. The highest BCUT2D eigenvalue weighted by molar-refractivity contribution is 5.88. The average Bonchev–Trinajstić information content (AvgIpc) is 3.16. The molecule has 1 aliphatic carbocycles. The molecule has 1 aliphatic rings. The largest absolute Gasteiger partial charge is 0.445 e. The van der Waals surface area contributed by atoms with E-state index in [2.05, 4.69) is 45.9 Å². The van der Waals surface area contributed by atoms with Crippen LogP contribution in [0.1, 0.15) is 68.9 Å². The number of nitriles is 1. The van der Waals surface area contributed by atoms with Crippen LogP contribution < -0.4 is 0 Å². The van der Waals surface area contributed by atoms with E-state index >= 15 is 0 Å². The number of furan rings is 1. The predicted octanol–water partition coefficient (Wildman–Crippen LogP) is 5.04. The molecule has 0 bridgehead atoms. The van der Waals surface area contributed by atoms with Gasteiger partial charge in [0.1, 0.15) is 11.7 Å². The molecule has 1 aromatic carbocycles. The van der Waals surface area contributed by atoms with E-state index in [1.807, 2.05) is 0 Å². The molecule has 0 unspecified atom stereocenters. The minimum atomic E-state index is 0.0226. The van der Waals surface area contributed by atoms with Crippen LogP contribution in [0.3, 0.4) is 0 Å². The molecular weight excluding hydrogens is 246 g/mol. The Morgan fingerprint density at radius 1 is 1.30 bits per heavy atom. The van der Waals surface area contributed by atoms with Gasteiger partial charge in [0, 0.05) is 16.5 Å². The summed E-state index contributed by atoms with van der Waals surface area (Å²) in [6.45, 7) is 8.78. The number of benzene rings is 1. The van der Waals surface area contributed by atoms with Crippen LogP contribution in [0.25, 0.3) is 11.0 Å². The van der Waals surface area contributed by atoms with E-state index in [9.17, 15) is 5.26 Å². The average molecular weight is 267 g/mol. The molecule has 2 aromatic rings. The monoisotopic (exact) mass is 267 g/mol. The molecule has 0 atom stereocenters. The fraction of sp³-hybridized carbons (Fsp3) is 0.500. The number of fused-ring (bicyclic) bond motifs is 1. The maximum atomic E-state index is 9.37. The highest BCUT2D eigenvalue weighted by Gasteiger charge is 2.33. The van der Waals surface area contributed by atoms with Crippen molar-refractivity contribution in [2.75, 3.05) is 0 Å². The third kappa shape index (κ3) is 2.02. The van der Waals surface area contributed by atoms with Crippen LogP contribution in [0.15, 0.2) is 16.5 Å². The summed E-state index contributed by atoms with van der Waals surface area (Å²) < 4.78 is 5.95. The molecule has 104 valence electrons. The Morgan fingerprint density at radius 2 is 2.00 bits per heavy atom. The minimum Gasteiger partial charge on any atom is -0.445 e. The molecule has 0 radical (unpaired) electrons. The second kappa shape index (κ2) is 4.38. The minimum absolute atomic E-state index is 0.0226. The molecule has 0 saturated heterocycles. The van der Waals surface area contributed by atoms with E-state index < -0.39 is 0 Å². The molecule has 0 N–H and O–H groups in total. The van der Waals surface area contributed by atoms with Crippen molar-refractivity contribution < 1.29 is 4.42 Å². The Labute approximate surface area is 120 Å². The molecular formula is C18H21NO. The topological polar surface area (TPSA) is 36.9 Å². The molecule has 1 fully saturated rings. The van der Waals surface area contributed by atoms with Gasteiger partial charge < -0.3 is 4.42 Å². The summed E-state index contributed by atoms with van der Waals surface area (Å²) in [7, 11) is 0. The van der Waals surface area contributed by atoms with Crippen LogP contribution in [-0.2, 0) is 11.8 Å². The van der Waals surface area contributed by atoms with Crippen molar-refractivity contribution in [1.29, 1.82) is 5.26 Å². The Balaban J connectivity index is 2.37. The Hall–Kier alpha value is -1.75. The molecule has 1 aromatic heterocycles. The third-order valence-corrected chi connectivity index (χ3v) is 4.19. The first-order valence-electron chi connectivity index (χ1n) is 7.45. The fourth-order valence-corrected chi connectivity index (χ4v) is 2.90. The van der Waals surface area contributed by atoms with Gasteiger partial charge in [-0.25, -0.2) is 0 Å². The molecule has 0 spiro atoms. The summed E-state index contributed by atoms with van der Waals surface area (Å²) in [5, 5.41) is 10.5. The quantitative estimate of drug-likeness (QED) is 0.764. The van der Waals surface area contributed by atoms with Gasteiger partial charge in [0.15, 0.2) is 0 Å². The van der Waals surface area contributed by atoms with Crippen molar-refractivity contribution in [3.05, 3.63) is 34.6 Å². The lowest BCUT2D eigenvalue weighted by molar-refractivity contribution is 0.550. The zero-order valence-corrected chi connectivity index (χ0v) is 12.7. The first-order valence-corrected chi connectivity index (χ1v) is 7.45. The summed E-state index contributed by atoms with van der Waals surface area (Å²) in [5.74, 6) is 1.06. The van der Waals surface area contributed by atoms with Gasteiger partial charge in [0.2, 0.25) is 5.76 Å². The number of hydrogen-bond acceptors (Lipinski definition) is 2. The van der Waals surface area contributed by atoms with Crippen LogP contribution in [0.5, 0.6) is 0 Å². The fourth-order valence-electron chi connectivity index (χ4n) is 2.90. The highest BCUT2D eigenvalue weighted by Crippen LogP contribution is 2.47. The van der Waals surface area contributed by atoms with Crippen molar-refractivity contribution in [3.63, 3.8) is 0 Å². The van der Waals surface area contributed by atoms with Crippen LogP contribution in [0.4, 0.5) is 0 Å². The van der Waals surface area contributed by atoms with E-state index in [4.69, 9.17) is 4.42 Å². The van der Waals surface area contributed by atoms with Gasteiger partial charge in [-0.2, -0.15) is 5.26 Å². The van der Waals surface area contributed by atoms with E-state index in [1.165, 1.54) is 29.4 Å². The number of nitrogens with zero attached hydrogens (tertiary/aromatic N) is 1. The highest BCUT2D eigenvalue weighted by atomic mass is 16.3. The molecule has 0 amide bonds. The Kier molecular flexibility index (Phi) is 2.90. The summed E-state index contributed by atoms with van der Waals surface area (Å²) in [6.07, 6.45) is 3.38. The van der Waals surface area contributed by atoms with Gasteiger partial charge >= 0.3 is 0 Å². The normalized spacial score (nSPS) is 15.6. The van der Waals surface area contributed by atoms with E-state index in [1.54, 1.807) is 0 Å². The maximum absolute atomic E-state index is 9.37. The number of aryl methyl sites for hydroxylation is 1. The smallest absolute Gasteiger partial charge is 0.208 e. The van der Waals surface area contributed by atoms with Gasteiger partial charge in [-0.15, -0.1) is 0 Å². The lowest BCUT2D eigenvalue weighted by atomic mass is 9.84. The Morgan fingerprint density at radius 3 is 2.50 bits per heavy atom. The van der Waals surface area contributed by atoms with Crippen molar-refractivity contribution in [3.8, 4) is 6.07 Å². The zero-order chi connectivity index (χ0) is 14.5. The molecule has 3 rings (SSSR count). The van der Waals surface area contributed by atoms with Crippen LogP contribution in [-0.4, -0.2) is 0 Å². The van der Waals surface area contributed by atoms with Gasteiger partial charge in [0.05, 0.1) is 0 Å². The van der Waals surface area contributed by atoms with E-state index in [0.717, 1.165) is 17.6 Å². The third-order valence-electron chi connectivity index (χ3n) is 4.19. The molecule has 0 aliphatic heterocycles. The van der Waals surface area contributed by atoms with Gasteiger partial charge in [-0.1, -0.05) is 33.8 Å². The Bertz CT molecular complexity index is 706. The molecule has 1 saturated carbocycles. The second-order valence-electron chi connectivity index (χ2n) is 6.85. The lowest BCUT2D eigenvalue weighted by Gasteiger charge is -2.20. The van der Waals surface area contributed by atoms with Gasteiger partial charge in [-0.3, -0.25) is 0 Å². The van der Waals surface area contributed by atoms with Crippen LogP contribution in [0, 0.1) is 11.3 Å². The van der Waals surface area contributed by atoms with Crippen LogP contribution >= 0.6 is 0 Å². The first kappa shape index (κ1) is 13.2. The van der Waals surface area contributed by atoms with Crippen molar-refractivity contribution in [2.45, 2.75) is 58.3 Å². The van der Waals surface area contributed by atoms with E-state index in [0.29, 0.717) is 11.7 Å². The van der Waals surface area contributed by atoms with E-state index in [-0.39, 0.29) is 5.41 Å². The first-order chi connectivity index (χ1) is 9.45. The number of rotatable bonds is 2. The summed E-state index contributed by atoms with van der Waals surface area (Å²) in [4.78, 5) is 0. The van der Waals surface area contributed by atoms with Crippen molar-refractivity contribution >= 4 is 11.0 Å². The molecule has 1 heterocycles.